The predicted molar refractivity (Wildman–Crippen MR) is 141 cm³/mol. The molecule has 0 bridgehead atoms. The summed E-state index contributed by atoms with van der Waals surface area (Å²) in [4.78, 5) is 45.1. The standard InChI is InChI=1S/C27H21ClN2O7S/c1-3-10-37-26(34)24-14(2)29-27(38-24)30-21(15-4-7-17(28)8-5-15)20(23(32)25(30)33)22(31)16-6-9-18-19(13-16)36-12-11-35-18/h3-9,13,21,31H,1,10-12H2,2H3. The first-order valence-electron chi connectivity index (χ1n) is 11.5. The number of carbonyl (C=O) groups is 3. The zero-order valence-electron chi connectivity index (χ0n) is 20.1. The Morgan fingerprint density at radius 3 is 2.63 bits per heavy atom. The van der Waals surface area contributed by atoms with Crippen molar-refractivity contribution in [1.82, 2.24) is 4.98 Å². The molecule has 3 aromatic rings. The van der Waals surface area contributed by atoms with Crippen molar-refractivity contribution in [1.29, 1.82) is 0 Å². The molecule has 2 aliphatic rings. The number of thiazole rings is 1. The molecule has 1 N–H and O–H groups in total. The van der Waals surface area contributed by atoms with Crippen LogP contribution in [-0.2, 0) is 14.3 Å². The summed E-state index contributed by atoms with van der Waals surface area (Å²) in [7, 11) is 0. The van der Waals surface area contributed by atoms with Gasteiger partial charge in [-0.1, -0.05) is 47.7 Å². The Kier molecular flexibility index (Phi) is 6.92. The lowest BCUT2D eigenvalue weighted by Gasteiger charge is -2.23. The molecular weight excluding hydrogens is 532 g/mol. The van der Waals surface area contributed by atoms with E-state index in [0.29, 0.717) is 41.0 Å². The number of hydrogen-bond donors (Lipinski definition) is 1. The number of fused-ring (bicyclic) bond motifs is 1. The number of hydrogen-bond acceptors (Lipinski definition) is 9. The number of ketones is 1. The second-order valence-electron chi connectivity index (χ2n) is 8.38. The van der Waals surface area contributed by atoms with Crippen molar-refractivity contribution in [3.63, 3.8) is 0 Å². The van der Waals surface area contributed by atoms with Gasteiger partial charge in [0.2, 0.25) is 0 Å². The van der Waals surface area contributed by atoms with Crippen LogP contribution in [0.1, 0.15) is 32.5 Å². The summed E-state index contributed by atoms with van der Waals surface area (Å²) in [5.74, 6) is -1.89. The van der Waals surface area contributed by atoms with Crippen LogP contribution in [0, 0.1) is 6.92 Å². The minimum atomic E-state index is -1.04. The van der Waals surface area contributed by atoms with Crippen LogP contribution in [0.5, 0.6) is 11.5 Å². The van der Waals surface area contributed by atoms with E-state index in [1.54, 1.807) is 49.4 Å². The Morgan fingerprint density at radius 1 is 1.21 bits per heavy atom. The van der Waals surface area contributed by atoms with E-state index in [4.69, 9.17) is 25.8 Å². The molecule has 1 aromatic heterocycles. The van der Waals surface area contributed by atoms with Gasteiger partial charge in [0, 0.05) is 10.6 Å². The van der Waals surface area contributed by atoms with Gasteiger partial charge in [-0.25, -0.2) is 9.78 Å². The third kappa shape index (κ3) is 4.52. The minimum absolute atomic E-state index is 0.0102. The lowest BCUT2D eigenvalue weighted by atomic mass is 9.95. The molecule has 0 spiro atoms. The monoisotopic (exact) mass is 552 g/mol. The molecule has 2 aliphatic heterocycles. The van der Waals surface area contributed by atoms with E-state index in [1.807, 2.05) is 0 Å². The molecule has 9 nitrogen and oxygen atoms in total. The van der Waals surface area contributed by atoms with Crippen molar-refractivity contribution >= 4 is 51.5 Å². The Bertz CT molecular complexity index is 1500. The number of benzene rings is 2. The Morgan fingerprint density at radius 2 is 1.92 bits per heavy atom. The highest BCUT2D eigenvalue weighted by Gasteiger charge is 2.48. The Hall–Kier alpha value is -4.15. The largest absolute Gasteiger partial charge is 0.507 e. The molecule has 1 saturated heterocycles. The van der Waals surface area contributed by atoms with Gasteiger partial charge in [-0.15, -0.1) is 0 Å². The smallest absolute Gasteiger partial charge is 0.350 e. The minimum Gasteiger partial charge on any atom is -0.507 e. The lowest BCUT2D eigenvalue weighted by molar-refractivity contribution is -0.132. The van der Waals surface area contributed by atoms with Crippen LogP contribution in [0.2, 0.25) is 5.02 Å². The molecule has 11 heteroatoms. The van der Waals surface area contributed by atoms with E-state index in [9.17, 15) is 19.5 Å². The van der Waals surface area contributed by atoms with Crippen LogP contribution >= 0.6 is 22.9 Å². The first-order valence-corrected chi connectivity index (χ1v) is 12.7. The topological polar surface area (TPSA) is 115 Å². The number of aliphatic hydroxyl groups excluding tert-OH is 1. The fraction of sp³-hybridized carbons (Fsp3) is 0.185. The number of carbonyl (C=O) groups excluding carboxylic acids is 3. The number of anilines is 1. The fourth-order valence-electron chi connectivity index (χ4n) is 4.21. The average molecular weight is 553 g/mol. The molecule has 1 unspecified atom stereocenters. The Balaban J connectivity index is 1.64. The zero-order chi connectivity index (χ0) is 27.0. The zero-order valence-corrected chi connectivity index (χ0v) is 21.7. The van der Waals surface area contributed by atoms with Crippen LogP contribution < -0.4 is 14.4 Å². The van der Waals surface area contributed by atoms with E-state index < -0.39 is 23.7 Å². The number of amides is 1. The molecule has 3 heterocycles. The summed E-state index contributed by atoms with van der Waals surface area (Å²) in [6, 6.07) is 10.3. The SMILES string of the molecule is C=CCOC(=O)c1sc(N2C(=O)C(=O)C(=C(O)c3ccc4c(c3)OCCO4)C2c2ccc(Cl)cc2)nc1C. The van der Waals surface area contributed by atoms with Gasteiger partial charge in [0.25, 0.3) is 5.78 Å². The number of aromatic nitrogens is 1. The summed E-state index contributed by atoms with van der Waals surface area (Å²) in [5.41, 5.74) is 0.979. The second-order valence-corrected chi connectivity index (χ2v) is 9.79. The molecule has 0 radical (unpaired) electrons. The summed E-state index contributed by atoms with van der Waals surface area (Å²) in [6.45, 7) is 5.88. The maximum Gasteiger partial charge on any atom is 0.350 e. The number of rotatable bonds is 6. The van der Waals surface area contributed by atoms with E-state index in [2.05, 4.69) is 11.6 Å². The van der Waals surface area contributed by atoms with Gasteiger partial charge in [-0.2, -0.15) is 0 Å². The maximum absolute atomic E-state index is 13.4. The summed E-state index contributed by atoms with van der Waals surface area (Å²) in [5, 5.41) is 11.9. The highest BCUT2D eigenvalue weighted by atomic mass is 35.5. The normalized spacial score (nSPS) is 17.9. The highest BCUT2D eigenvalue weighted by Crippen LogP contribution is 2.45. The number of aryl methyl sites for hydroxylation is 1. The van der Waals surface area contributed by atoms with Crippen LogP contribution in [0.25, 0.3) is 5.76 Å². The highest BCUT2D eigenvalue weighted by molar-refractivity contribution is 7.17. The summed E-state index contributed by atoms with van der Waals surface area (Å²) in [6.07, 6.45) is 1.44. The van der Waals surface area contributed by atoms with Gasteiger partial charge < -0.3 is 19.3 Å². The van der Waals surface area contributed by atoms with Crippen LogP contribution in [0.4, 0.5) is 5.13 Å². The van der Waals surface area contributed by atoms with Crippen molar-refractivity contribution in [2.45, 2.75) is 13.0 Å². The fourth-order valence-corrected chi connectivity index (χ4v) is 5.32. The first-order chi connectivity index (χ1) is 18.3. The number of halogens is 1. The van der Waals surface area contributed by atoms with Gasteiger partial charge >= 0.3 is 11.9 Å². The van der Waals surface area contributed by atoms with E-state index >= 15 is 0 Å². The predicted octanol–water partition coefficient (Wildman–Crippen LogP) is 4.85. The number of Topliss-reactive ketones (excluding diaryl/α,β-unsaturated/α-hetero) is 1. The van der Waals surface area contributed by atoms with Crippen molar-refractivity contribution in [3.8, 4) is 11.5 Å². The lowest BCUT2D eigenvalue weighted by Crippen LogP contribution is -2.29. The molecule has 194 valence electrons. The molecule has 5 rings (SSSR count). The van der Waals surface area contributed by atoms with Crippen molar-refractivity contribution in [3.05, 3.63) is 87.4 Å². The maximum atomic E-state index is 13.4. The molecule has 0 saturated carbocycles. The molecule has 1 fully saturated rings. The van der Waals surface area contributed by atoms with Gasteiger partial charge in [0.15, 0.2) is 16.6 Å². The quantitative estimate of drug-likeness (QED) is 0.152. The molecule has 1 atom stereocenters. The Labute approximate surface area is 226 Å². The van der Waals surface area contributed by atoms with Crippen molar-refractivity contribution in [2.24, 2.45) is 0 Å². The third-order valence-electron chi connectivity index (χ3n) is 5.95. The second kappa shape index (κ2) is 10.3. The molecule has 38 heavy (non-hydrogen) atoms. The van der Waals surface area contributed by atoms with E-state index in [0.717, 1.165) is 11.3 Å². The molecule has 0 aliphatic carbocycles. The van der Waals surface area contributed by atoms with Crippen molar-refractivity contribution < 1.29 is 33.7 Å². The summed E-state index contributed by atoms with van der Waals surface area (Å²) >= 11 is 7.01. The van der Waals surface area contributed by atoms with Crippen molar-refractivity contribution in [2.75, 3.05) is 24.7 Å². The van der Waals surface area contributed by atoms with Crippen LogP contribution in [-0.4, -0.2) is 47.6 Å². The first kappa shape index (κ1) is 25.5. The van der Waals surface area contributed by atoms with Crippen LogP contribution in [0.3, 0.4) is 0 Å². The van der Waals surface area contributed by atoms with Gasteiger partial charge in [0.1, 0.15) is 30.5 Å². The van der Waals surface area contributed by atoms with E-state index in [1.165, 1.54) is 11.0 Å². The van der Waals surface area contributed by atoms with Gasteiger partial charge in [0.05, 0.1) is 17.3 Å². The van der Waals surface area contributed by atoms with Gasteiger partial charge in [-0.05, 0) is 42.8 Å². The number of esters is 1. The summed E-state index contributed by atoms with van der Waals surface area (Å²) < 4.78 is 16.3. The van der Waals surface area contributed by atoms with E-state index in [-0.39, 0.29) is 33.5 Å². The van der Waals surface area contributed by atoms with Crippen LogP contribution in [0.15, 0.2) is 60.7 Å². The average Bonchev–Trinajstić information content (AvgIpc) is 3.43. The third-order valence-corrected chi connectivity index (χ3v) is 7.34. The number of ether oxygens (including phenoxy) is 3. The number of aliphatic hydroxyl groups is 1. The molecule has 1 amide bonds. The number of nitrogens with zero attached hydrogens (tertiary/aromatic N) is 2. The molecular formula is C27H21ClN2O7S. The molecule has 2 aromatic carbocycles. The van der Waals surface area contributed by atoms with Gasteiger partial charge in [-0.3, -0.25) is 14.5 Å².